The average Bonchev–Trinajstić information content (AvgIpc) is 3.30. The molecule has 0 saturated carbocycles. The average molecular weight is 417 g/mol. The highest BCUT2D eigenvalue weighted by molar-refractivity contribution is 5.97. The third-order valence-electron chi connectivity index (χ3n) is 5.95. The zero-order valence-electron chi connectivity index (χ0n) is 17.1. The van der Waals surface area contributed by atoms with Crippen molar-refractivity contribution in [3.05, 3.63) is 35.0 Å². The smallest absolute Gasteiger partial charge is 0.374 e. The summed E-state index contributed by atoms with van der Waals surface area (Å²) >= 11 is 0. The predicted octanol–water partition coefficient (Wildman–Crippen LogP) is 2.07. The van der Waals surface area contributed by atoms with Crippen LogP contribution < -0.4 is 5.32 Å². The number of hydrogen-bond acceptors (Lipinski definition) is 7. The number of fused-ring (bicyclic) bond motifs is 1. The van der Waals surface area contributed by atoms with Crippen molar-refractivity contribution in [2.45, 2.75) is 45.6 Å². The molecule has 1 amide bonds. The Hall–Kier alpha value is -2.81. The van der Waals surface area contributed by atoms with Gasteiger partial charge in [-0.15, -0.1) is 0 Å². The van der Waals surface area contributed by atoms with Crippen LogP contribution in [0.4, 0.5) is 0 Å². The molecule has 2 N–H and O–H groups in total. The van der Waals surface area contributed by atoms with E-state index in [-0.39, 0.29) is 29.4 Å². The zero-order valence-corrected chi connectivity index (χ0v) is 17.1. The van der Waals surface area contributed by atoms with Crippen LogP contribution in [0.2, 0.25) is 0 Å². The molecule has 2 aliphatic rings. The molecule has 2 aromatic heterocycles. The normalized spacial score (nSPS) is 18.0. The molecule has 9 nitrogen and oxygen atoms in total. The Kier molecular flexibility index (Phi) is 5.80. The number of nitrogens with one attached hydrogen (secondary N) is 1. The molecule has 0 aromatic carbocycles. The highest BCUT2D eigenvalue weighted by Crippen LogP contribution is 2.37. The molecule has 1 fully saturated rings. The Labute approximate surface area is 174 Å². The number of carbonyl (C=O) groups is 2. The van der Waals surface area contributed by atoms with Crippen LogP contribution in [0.1, 0.15) is 58.5 Å². The van der Waals surface area contributed by atoms with Crippen LogP contribution in [0.3, 0.4) is 0 Å². The number of nitrogens with zero attached hydrogens (tertiary/aromatic N) is 2. The van der Waals surface area contributed by atoms with Gasteiger partial charge in [0.2, 0.25) is 5.76 Å². The van der Waals surface area contributed by atoms with E-state index >= 15 is 0 Å². The van der Waals surface area contributed by atoms with Gasteiger partial charge in [-0.3, -0.25) is 9.48 Å². The topological polar surface area (TPSA) is 116 Å². The molecular formula is C21H27N3O6. The number of rotatable bonds is 6. The summed E-state index contributed by atoms with van der Waals surface area (Å²) in [5.74, 6) is -0.828. The highest BCUT2D eigenvalue weighted by Gasteiger charge is 2.39. The minimum atomic E-state index is -0.621. The van der Waals surface area contributed by atoms with Crippen molar-refractivity contribution in [1.29, 1.82) is 0 Å². The van der Waals surface area contributed by atoms with Crippen molar-refractivity contribution in [2.75, 3.05) is 26.4 Å². The van der Waals surface area contributed by atoms with Gasteiger partial charge in [0.05, 0.1) is 23.6 Å². The summed E-state index contributed by atoms with van der Waals surface area (Å²) in [4.78, 5) is 24.7. The van der Waals surface area contributed by atoms with Gasteiger partial charge in [-0.1, -0.05) is 6.92 Å². The van der Waals surface area contributed by atoms with Crippen molar-refractivity contribution in [3.63, 3.8) is 0 Å². The summed E-state index contributed by atoms with van der Waals surface area (Å²) in [6.45, 7) is 4.79. The van der Waals surface area contributed by atoms with Gasteiger partial charge >= 0.3 is 5.97 Å². The zero-order chi connectivity index (χ0) is 21.1. The number of furan rings is 1. The van der Waals surface area contributed by atoms with E-state index in [4.69, 9.17) is 19.0 Å². The lowest BCUT2D eigenvalue weighted by molar-refractivity contribution is 0.0152. The third-order valence-corrected chi connectivity index (χ3v) is 5.95. The molecule has 1 spiro atoms. The first-order valence-electron chi connectivity index (χ1n) is 10.4. The molecule has 1 saturated heterocycles. The van der Waals surface area contributed by atoms with E-state index in [0.717, 1.165) is 36.9 Å². The van der Waals surface area contributed by atoms with Crippen LogP contribution in [0.15, 0.2) is 16.7 Å². The minimum Gasteiger partial charge on any atom is -0.505 e. The fourth-order valence-corrected chi connectivity index (χ4v) is 4.24. The molecule has 0 bridgehead atoms. The summed E-state index contributed by atoms with van der Waals surface area (Å²) < 4.78 is 17.6. The van der Waals surface area contributed by atoms with E-state index < -0.39 is 5.97 Å². The van der Waals surface area contributed by atoms with Crippen LogP contribution in [0.25, 0.3) is 0 Å². The lowest BCUT2D eigenvalue weighted by Gasteiger charge is -2.36. The second-order valence-electron chi connectivity index (χ2n) is 7.98. The standard InChI is InChI=1S/C21H27N3O6/c1-2-15-18-16(11-21(13-22-19(18)26)4-8-28-9-5-21)24(23-15)6-3-7-29-20(27)17-10-14(25)12-30-17/h10,12,25H,2-9,11,13H2,1H3,(H,22,26). The van der Waals surface area contributed by atoms with Gasteiger partial charge in [0.25, 0.3) is 5.91 Å². The molecule has 4 rings (SSSR count). The number of aryl methyl sites for hydroxylation is 2. The fourth-order valence-electron chi connectivity index (χ4n) is 4.24. The first-order valence-corrected chi connectivity index (χ1v) is 10.4. The Morgan fingerprint density at radius 1 is 1.40 bits per heavy atom. The number of esters is 1. The predicted molar refractivity (Wildman–Crippen MR) is 105 cm³/mol. The summed E-state index contributed by atoms with van der Waals surface area (Å²) in [6, 6.07) is 1.22. The van der Waals surface area contributed by atoms with Crippen LogP contribution in [-0.4, -0.2) is 53.1 Å². The lowest BCUT2D eigenvalue weighted by Crippen LogP contribution is -2.40. The molecular weight excluding hydrogens is 390 g/mol. The maximum Gasteiger partial charge on any atom is 0.374 e. The highest BCUT2D eigenvalue weighted by atomic mass is 16.5. The van der Waals surface area contributed by atoms with Gasteiger partial charge in [0.1, 0.15) is 6.26 Å². The SMILES string of the molecule is CCc1nn(CCCOC(=O)c2cc(O)co2)c2c1C(=O)NCC1(CCOCC1)C2. The maximum atomic E-state index is 12.8. The van der Waals surface area contributed by atoms with Crippen molar-refractivity contribution in [2.24, 2.45) is 5.41 Å². The molecule has 0 aliphatic carbocycles. The molecule has 2 aromatic rings. The van der Waals surface area contributed by atoms with E-state index in [1.165, 1.54) is 6.07 Å². The van der Waals surface area contributed by atoms with E-state index in [1.807, 2.05) is 11.6 Å². The molecule has 0 unspecified atom stereocenters. The summed E-state index contributed by atoms with van der Waals surface area (Å²) in [5.41, 5.74) is 2.46. The minimum absolute atomic E-state index is 0.00426. The van der Waals surface area contributed by atoms with E-state index in [1.54, 1.807) is 0 Å². The largest absolute Gasteiger partial charge is 0.505 e. The second kappa shape index (κ2) is 8.51. The van der Waals surface area contributed by atoms with Crippen LogP contribution >= 0.6 is 0 Å². The fraction of sp³-hybridized carbons (Fsp3) is 0.571. The Morgan fingerprint density at radius 2 is 2.20 bits per heavy atom. The number of amides is 1. The maximum absolute atomic E-state index is 12.8. The molecule has 0 atom stereocenters. The van der Waals surface area contributed by atoms with Crippen LogP contribution in [0, 0.1) is 5.41 Å². The number of carbonyl (C=O) groups excluding carboxylic acids is 2. The van der Waals surface area contributed by atoms with Gasteiger partial charge in [-0.25, -0.2) is 4.79 Å². The third kappa shape index (κ3) is 4.07. The van der Waals surface area contributed by atoms with Gasteiger partial charge in [0, 0.05) is 38.8 Å². The summed E-state index contributed by atoms with van der Waals surface area (Å²) in [6.07, 6.45) is 4.91. The molecule has 9 heteroatoms. The van der Waals surface area contributed by atoms with Crippen molar-refractivity contribution in [3.8, 4) is 5.75 Å². The summed E-state index contributed by atoms with van der Waals surface area (Å²) in [5, 5.41) is 17.1. The molecule has 162 valence electrons. The Balaban J connectivity index is 1.46. The molecule has 2 aliphatic heterocycles. The van der Waals surface area contributed by atoms with Crippen molar-refractivity contribution < 1.29 is 28.6 Å². The van der Waals surface area contributed by atoms with Crippen LogP contribution in [-0.2, 0) is 28.9 Å². The second-order valence-corrected chi connectivity index (χ2v) is 7.98. The number of ether oxygens (including phenoxy) is 2. The lowest BCUT2D eigenvalue weighted by atomic mass is 9.76. The van der Waals surface area contributed by atoms with Crippen LogP contribution in [0.5, 0.6) is 5.75 Å². The molecule has 4 heterocycles. The van der Waals surface area contributed by atoms with Gasteiger partial charge in [-0.05, 0) is 31.1 Å². The van der Waals surface area contributed by atoms with Gasteiger partial charge in [-0.2, -0.15) is 5.10 Å². The summed E-state index contributed by atoms with van der Waals surface area (Å²) in [7, 11) is 0. The first kappa shape index (κ1) is 20.5. The first-order chi connectivity index (χ1) is 14.5. The molecule has 30 heavy (non-hydrogen) atoms. The number of aromatic hydroxyl groups is 1. The Bertz CT molecular complexity index is 925. The van der Waals surface area contributed by atoms with Crippen molar-refractivity contribution >= 4 is 11.9 Å². The Morgan fingerprint density at radius 3 is 2.90 bits per heavy atom. The number of hydrogen-bond donors (Lipinski definition) is 2. The molecule has 0 radical (unpaired) electrons. The monoisotopic (exact) mass is 417 g/mol. The van der Waals surface area contributed by atoms with Gasteiger partial charge in [0.15, 0.2) is 5.75 Å². The van der Waals surface area contributed by atoms with E-state index in [0.29, 0.717) is 44.7 Å². The van der Waals surface area contributed by atoms with E-state index in [2.05, 4.69) is 5.32 Å². The van der Waals surface area contributed by atoms with Gasteiger partial charge < -0.3 is 24.3 Å². The quantitative estimate of drug-likeness (QED) is 0.546. The number of aromatic nitrogens is 2. The van der Waals surface area contributed by atoms with Crippen molar-refractivity contribution in [1.82, 2.24) is 15.1 Å². The van der Waals surface area contributed by atoms with E-state index in [9.17, 15) is 14.7 Å².